The zero-order chi connectivity index (χ0) is 14.0. The summed E-state index contributed by atoms with van der Waals surface area (Å²) in [6, 6.07) is 13.3. The SMILES string of the molecule is Cc1cc(F)ccc1C(=O)C(C)(N)c1ccccc1. The van der Waals surface area contributed by atoms with Gasteiger partial charge in [-0.05, 0) is 43.2 Å². The third kappa shape index (κ3) is 2.56. The number of nitrogens with two attached hydrogens (primary N) is 1. The van der Waals surface area contributed by atoms with Crippen molar-refractivity contribution in [1.29, 1.82) is 0 Å². The largest absolute Gasteiger partial charge is 0.315 e. The van der Waals surface area contributed by atoms with Crippen LogP contribution in [0.2, 0.25) is 0 Å². The number of halogens is 1. The highest BCUT2D eigenvalue weighted by atomic mass is 19.1. The van der Waals surface area contributed by atoms with E-state index in [2.05, 4.69) is 0 Å². The maximum Gasteiger partial charge on any atom is 0.187 e. The van der Waals surface area contributed by atoms with Crippen molar-refractivity contribution in [3.8, 4) is 0 Å². The second-order valence-corrected chi connectivity index (χ2v) is 4.86. The number of hydrogen-bond donors (Lipinski definition) is 1. The Morgan fingerprint density at radius 3 is 2.37 bits per heavy atom. The van der Waals surface area contributed by atoms with Crippen LogP contribution in [-0.2, 0) is 5.54 Å². The van der Waals surface area contributed by atoms with Crippen LogP contribution in [-0.4, -0.2) is 5.78 Å². The van der Waals surface area contributed by atoms with Gasteiger partial charge in [0.15, 0.2) is 5.78 Å². The summed E-state index contributed by atoms with van der Waals surface area (Å²) in [6.45, 7) is 3.38. The van der Waals surface area contributed by atoms with E-state index < -0.39 is 5.54 Å². The maximum atomic E-state index is 13.1. The second kappa shape index (κ2) is 4.94. The van der Waals surface area contributed by atoms with Gasteiger partial charge in [0.05, 0.1) is 0 Å². The van der Waals surface area contributed by atoms with Crippen molar-refractivity contribution < 1.29 is 9.18 Å². The predicted octanol–water partition coefficient (Wildman–Crippen LogP) is 3.19. The van der Waals surface area contributed by atoms with Crippen LogP contribution in [0.15, 0.2) is 48.5 Å². The summed E-state index contributed by atoms with van der Waals surface area (Å²) >= 11 is 0. The zero-order valence-corrected chi connectivity index (χ0v) is 11.0. The number of hydrogen-bond acceptors (Lipinski definition) is 2. The number of ketones is 1. The third-order valence-electron chi connectivity index (χ3n) is 3.28. The van der Waals surface area contributed by atoms with Gasteiger partial charge in [-0.3, -0.25) is 4.79 Å². The fraction of sp³-hybridized carbons (Fsp3) is 0.188. The molecule has 19 heavy (non-hydrogen) atoms. The van der Waals surface area contributed by atoms with Gasteiger partial charge < -0.3 is 5.73 Å². The summed E-state index contributed by atoms with van der Waals surface area (Å²) < 4.78 is 13.1. The van der Waals surface area contributed by atoms with Gasteiger partial charge in [-0.1, -0.05) is 30.3 Å². The zero-order valence-electron chi connectivity index (χ0n) is 11.0. The Hall–Kier alpha value is -2.00. The molecule has 0 fully saturated rings. The molecule has 0 saturated heterocycles. The van der Waals surface area contributed by atoms with Gasteiger partial charge >= 0.3 is 0 Å². The molecule has 0 radical (unpaired) electrons. The molecule has 98 valence electrons. The van der Waals surface area contributed by atoms with Gasteiger partial charge in [0.1, 0.15) is 11.4 Å². The first-order chi connectivity index (χ1) is 8.93. The van der Waals surface area contributed by atoms with Gasteiger partial charge in [0.25, 0.3) is 0 Å². The van der Waals surface area contributed by atoms with E-state index in [1.54, 1.807) is 13.8 Å². The average molecular weight is 257 g/mol. The molecule has 0 spiro atoms. The van der Waals surface area contributed by atoms with Gasteiger partial charge in [0, 0.05) is 5.56 Å². The number of rotatable bonds is 3. The molecule has 0 aliphatic rings. The summed E-state index contributed by atoms with van der Waals surface area (Å²) in [4.78, 5) is 12.6. The van der Waals surface area contributed by atoms with Gasteiger partial charge in [-0.25, -0.2) is 4.39 Å². The van der Waals surface area contributed by atoms with E-state index in [0.29, 0.717) is 11.1 Å². The van der Waals surface area contributed by atoms with E-state index in [9.17, 15) is 9.18 Å². The van der Waals surface area contributed by atoms with E-state index in [4.69, 9.17) is 5.73 Å². The van der Waals surface area contributed by atoms with Gasteiger partial charge in [0.2, 0.25) is 0 Å². The molecule has 0 aliphatic carbocycles. The van der Waals surface area contributed by atoms with E-state index in [1.807, 2.05) is 30.3 Å². The lowest BCUT2D eigenvalue weighted by atomic mass is 9.84. The average Bonchev–Trinajstić information content (AvgIpc) is 2.39. The Balaban J connectivity index is 2.43. The Labute approximate surface area is 112 Å². The quantitative estimate of drug-likeness (QED) is 0.858. The molecule has 2 N–H and O–H groups in total. The molecule has 1 atom stereocenters. The van der Waals surface area contributed by atoms with Crippen LogP contribution in [0.3, 0.4) is 0 Å². The number of aryl methyl sites for hydroxylation is 1. The molecule has 0 aliphatic heterocycles. The molecule has 3 heteroatoms. The molecule has 2 aromatic carbocycles. The number of benzene rings is 2. The molecule has 0 bridgehead atoms. The van der Waals surface area contributed by atoms with Crippen LogP contribution < -0.4 is 5.73 Å². The second-order valence-electron chi connectivity index (χ2n) is 4.86. The lowest BCUT2D eigenvalue weighted by Gasteiger charge is -2.24. The monoisotopic (exact) mass is 257 g/mol. The van der Waals surface area contributed by atoms with Crippen LogP contribution in [0.1, 0.15) is 28.4 Å². The Morgan fingerprint density at radius 1 is 1.16 bits per heavy atom. The minimum atomic E-state index is -1.12. The minimum absolute atomic E-state index is 0.212. The van der Waals surface area contributed by atoms with Crippen molar-refractivity contribution >= 4 is 5.78 Å². The highest BCUT2D eigenvalue weighted by molar-refractivity contribution is 6.04. The fourth-order valence-corrected chi connectivity index (χ4v) is 2.08. The van der Waals surface area contributed by atoms with Crippen LogP contribution in [0.25, 0.3) is 0 Å². The Morgan fingerprint density at radius 2 is 1.79 bits per heavy atom. The van der Waals surface area contributed by atoms with Crippen molar-refractivity contribution in [2.24, 2.45) is 5.73 Å². The lowest BCUT2D eigenvalue weighted by molar-refractivity contribution is 0.0899. The number of Topliss-reactive ketones (excluding diaryl/α,β-unsaturated/α-hetero) is 1. The van der Waals surface area contributed by atoms with E-state index in [1.165, 1.54) is 18.2 Å². The molecule has 0 aromatic heterocycles. The number of carbonyl (C=O) groups is 1. The van der Waals surface area contributed by atoms with Crippen LogP contribution >= 0.6 is 0 Å². The Bertz CT molecular complexity index is 605. The molecule has 0 amide bonds. The first kappa shape index (κ1) is 13.4. The summed E-state index contributed by atoms with van der Waals surface area (Å²) in [5, 5.41) is 0. The van der Waals surface area contributed by atoms with E-state index >= 15 is 0 Å². The normalized spacial score (nSPS) is 13.9. The molecule has 1 unspecified atom stereocenters. The van der Waals surface area contributed by atoms with Crippen molar-refractivity contribution in [1.82, 2.24) is 0 Å². The van der Waals surface area contributed by atoms with E-state index in [0.717, 1.165) is 5.56 Å². The molecular formula is C16H16FNO. The Kier molecular flexibility index (Phi) is 3.49. The number of carbonyl (C=O) groups excluding carboxylic acids is 1. The first-order valence-electron chi connectivity index (χ1n) is 6.08. The predicted molar refractivity (Wildman–Crippen MR) is 73.4 cm³/mol. The van der Waals surface area contributed by atoms with Crippen molar-refractivity contribution in [2.45, 2.75) is 19.4 Å². The molecule has 2 aromatic rings. The molecule has 2 rings (SSSR count). The smallest absolute Gasteiger partial charge is 0.187 e. The first-order valence-corrected chi connectivity index (χ1v) is 6.08. The summed E-state index contributed by atoms with van der Waals surface area (Å²) in [5.74, 6) is -0.566. The van der Waals surface area contributed by atoms with Crippen LogP contribution in [0, 0.1) is 12.7 Å². The standard InChI is InChI=1S/C16H16FNO/c1-11-10-13(17)8-9-14(11)15(19)16(2,18)12-6-4-3-5-7-12/h3-10H,18H2,1-2H3. The summed E-state index contributed by atoms with van der Waals surface area (Å²) in [5.41, 5.74) is 6.84. The highest BCUT2D eigenvalue weighted by Gasteiger charge is 2.32. The molecule has 2 nitrogen and oxygen atoms in total. The highest BCUT2D eigenvalue weighted by Crippen LogP contribution is 2.24. The minimum Gasteiger partial charge on any atom is -0.315 e. The van der Waals surface area contributed by atoms with Crippen LogP contribution in [0.5, 0.6) is 0 Å². The summed E-state index contributed by atoms with van der Waals surface area (Å²) in [7, 11) is 0. The van der Waals surface area contributed by atoms with Gasteiger partial charge in [-0.15, -0.1) is 0 Å². The van der Waals surface area contributed by atoms with Crippen molar-refractivity contribution in [3.05, 3.63) is 71.0 Å². The summed E-state index contributed by atoms with van der Waals surface area (Å²) in [6.07, 6.45) is 0. The van der Waals surface area contributed by atoms with Crippen molar-refractivity contribution in [2.75, 3.05) is 0 Å². The third-order valence-corrected chi connectivity index (χ3v) is 3.28. The fourth-order valence-electron chi connectivity index (χ4n) is 2.08. The van der Waals surface area contributed by atoms with Crippen molar-refractivity contribution in [3.63, 3.8) is 0 Å². The molecule has 0 saturated carbocycles. The maximum absolute atomic E-state index is 13.1. The topological polar surface area (TPSA) is 43.1 Å². The van der Waals surface area contributed by atoms with Gasteiger partial charge in [-0.2, -0.15) is 0 Å². The van der Waals surface area contributed by atoms with E-state index in [-0.39, 0.29) is 11.6 Å². The molecular weight excluding hydrogens is 241 g/mol. The van der Waals surface area contributed by atoms with Crippen LogP contribution in [0.4, 0.5) is 4.39 Å². The molecule has 0 heterocycles. The lowest BCUT2D eigenvalue weighted by Crippen LogP contribution is -2.42.